The van der Waals surface area contributed by atoms with Gasteiger partial charge in [-0.2, -0.15) is 0 Å². The molecule has 0 radical (unpaired) electrons. The second kappa shape index (κ2) is 8.44. The number of likely N-dealkylation sites (tertiary alicyclic amines) is 1. The van der Waals surface area contributed by atoms with Gasteiger partial charge in [0, 0.05) is 32.2 Å². The van der Waals surface area contributed by atoms with Gasteiger partial charge in [0.05, 0.1) is 28.8 Å². The third-order valence-corrected chi connectivity index (χ3v) is 7.00. The van der Waals surface area contributed by atoms with E-state index in [0.717, 1.165) is 57.7 Å². The molecule has 2 heterocycles. The SMILES string of the molecule is O=C(N[C@H]1C[C@H](CCN2CCN(c3cccc(Cl)c3Cl)CC2)C1)N1CC(F)(F)C1. The smallest absolute Gasteiger partial charge is 0.318 e. The number of carbonyl (C=O) groups is 1. The molecule has 1 N–H and O–H groups in total. The lowest BCUT2D eigenvalue weighted by atomic mass is 9.78. The topological polar surface area (TPSA) is 38.8 Å². The number of amides is 2. The van der Waals surface area contributed by atoms with Crippen molar-refractivity contribution in [1.82, 2.24) is 15.1 Å². The summed E-state index contributed by atoms with van der Waals surface area (Å²) in [6.45, 7) is 3.94. The van der Waals surface area contributed by atoms with Gasteiger partial charge in [0.2, 0.25) is 0 Å². The maximum absolute atomic E-state index is 12.8. The Kier molecular flexibility index (Phi) is 6.09. The van der Waals surface area contributed by atoms with Crippen molar-refractivity contribution in [3.63, 3.8) is 0 Å². The normalized spacial score (nSPS) is 26.6. The molecular weight excluding hydrogens is 421 g/mol. The molecule has 29 heavy (non-hydrogen) atoms. The lowest BCUT2D eigenvalue weighted by Gasteiger charge is -2.42. The Morgan fingerprint density at radius 3 is 2.48 bits per heavy atom. The minimum Gasteiger partial charge on any atom is -0.368 e. The number of hydrogen-bond donors (Lipinski definition) is 1. The van der Waals surface area contributed by atoms with E-state index in [2.05, 4.69) is 15.1 Å². The Hall–Kier alpha value is -1.31. The second-order valence-corrected chi connectivity index (χ2v) is 9.17. The predicted molar refractivity (Wildman–Crippen MR) is 111 cm³/mol. The van der Waals surface area contributed by atoms with Gasteiger partial charge in [-0.05, 0) is 43.9 Å². The number of piperazine rings is 1. The van der Waals surface area contributed by atoms with E-state index in [9.17, 15) is 13.6 Å². The molecule has 0 atom stereocenters. The van der Waals surface area contributed by atoms with Gasteiger partial charge in [-0.25, -0.2) is 13.6 Å². The Morgan fingerprint density at radius 2 is 1.83 bits per heavy atom. The molecule has 1 aromatic carbocycles. The summed E-state index contributed by atoms with van der Waals surface area (Å²) in [5.74, 6) is -2.11. The third kappa shape index (κ3) is 4.89. The Balaban J connectivity index is 1.12. The monoisotopic (exact) mass is 446 g/mol. The molecule has 4 rings (SSSR count). The van der Waals surface area contributed by atoms with Crippen LogP contribution in [0, 0.1) is 5.92 Å². The molecule has 2 saturated heterocycles. The minimum atomic E-state index is -2.71. The maximum atomic E-state index is 12.8. The van der Waals surface area contributed by atoms with Crippen molar-refractivity contribution in [2.24, 2.45) is 5.92 Å². The number of nitrogens with zero attached hydrogens (tertiary/aromatic N) is 3. The molecule has 5 nitrogen and oxygen atoms in total. The highest BCUT2D eigenvalue weighted by molar-refractivity contribution is 6.43. The lowest BCUT2D eigenvalue weighted by Crippen LogP contribution is -2.62. The Bertz CT molecular complexity index is 744. The summed E-state index contributed by atoms with van der Waals surface area (Å²) in [4.78, 5) is 17.8. The highest BCUT2D eigenvalue weighted by atomic mass is 35.5. The van der Waals surface area contributed by atoms with Gasteiger partial charge in [0.15, 0.2) is 0 Å². The summed E-state index contributed by atoms with van der Waals surface area (Å²) in [5.41, 5.74) is 0.997. The van der Waals surface area contributed by atoms with E-state index in [4.69, 9.17) is 23.2 Å². The Labute approximate surface area is 179 Å². The lowest BCUT2D eigenvalue weighted by molar-refractivity contribution is -0.110. The van der Waals surface area contributed by atoms with E-state index in [0.29, 0.717) is 16.0 Å². The molecule has 0 bridgehead atoms. The van der Waals surface area contributed by atoms with E-state index >= 15 is 0 Å². The number of urea groups is 1. The number of halogens is 4. The van der Waals surface area contributed by atoms with E-state index < -0.39 is 19.0 Å². The quantitative estimate of drug-likeness (QED) is 0.743. The fourth-order valence-electron chi connectivity index (χ4n) is 4.33. The molecule has 3 fully saturated rings. The average Bonchev–Trinajstić information content (AvgIpc) is 2.64. The molecule has 0 aromatic heterocycles. The molecule has 2 amide bonds. The number of alkyl halides is 2. The van der Waals surface area contributed by atoms with Crippen molar-refractivity contribution in [2.75, 3.05) is 50.7 Å². The first-order chi connectivity index (χ1) is 13.8. The molecule has 160 valence electrons. The van der Waals surface area contributed by atoms with Crippen LogP contribution in [0.4, 0.5) is 19.3 Å². The van der Waals surface area contributed by atoms with Crippen LogP contribution in [0.2, 0.25) is 10.0 Å². The molecular formula is C20H26Cl2F2N4O. The fourth-order valence-corrected chi connectivity index (χ4v) is 4.74. The van der Waals surface area contributed by atoms with Gasteiger partial charge >= 0.3 is 6.03 Å². The second-order valence-electron chi connectivity index (χ2n) is 8.39. The van der Waals surface area contributed by atoms with Crippen LogP contribution in [-0.4, -0.2) is 73.6 Å². The standard InChI is InChI=1S/C20H26Cl2F2N4O/c21-16-2-1-3-17(18(16)22)27-8-6-26(7-9-27)5-4-14-10-15(11-14)25-19(29)28-12-20(23,24)13-28/h1-3,14-15H,4-13H2,(H,25,29)/t14-,15-. The van der Waals surface area contributed by atoms with E-state index in [1.807, 2.05) is 12.1 Å². The van der Waals surface area contributed by atoms with Gasteiger partial charge in [-0.15, -0.1) is 0 Å². The van der Waals surface area contributed by atoms with Crippen molar-refractivity contribution in [3.05, 3.63) is 28.2 Å². The van der Waals surface area contributed by atoms with Crippen LogP contribution in [0.1, 0.15) is 19.3 Å². The zero-order chi connectivity index (χ0) is 20.6. The van der Waals surface area contributed by atoms with Crippen molar-refractivity contribution in [1.29, 1.82) is 0 Å². The number of anilines is 1. The van der Waals surface area contributed by atoms with Gasteiger partial charge in [-0.1, -0.05) is 29.3 Å². The number of carbonyl (C=O) groups excluding carboxylic acids is 1. The molecule has 1 aliphatic carbocycles. The van der Waals surface area contributed by atoms with Crippen molar-refractivity contribution < 1.29 is 13.6 Å². The first-order valence-electron chi connectivity index (χ1n) is 10.2. The summed E-state index contributed by atoms with van der Waals surface area (Å²) >= 11 is 12.5. The zero-order valence-corrected chi connectivity index (χ0v) is 17.7. The fraction of sp³-hybridized carbons (Fsp3) is 0.650. The van der Waals surface area contributed by atoms with Crippen LogP contribution < -0.4 is 10.2 Å². The van der Waals surface area contributed by atoms with Crippen LogP contribution in [-0.2, 0) is 0 Å². The first-order valence-corrected chi connectivity index (χ1v) is 10.9. The molecule has 9 heteroatoms. The van der Waals surface area contributed by atoms with Gasteiger partial charge in [0.1, 0.15) is 0 Å². The van der Waals surface area contributed by atoms with Gasteiger partial charge in [-0.3, -0.25) is 4.90 Å². The highest BCUT2D eigenvalue weighted by Crippen LogP contribution is 2.34. The molecule has 0 unspecified atom stereocenters. The first kappa shape index (κ1) is 20.9. The molecule has 0 spiro atoms. The maximum Gasteiger partial charge on any atom is 0.318 e. The van der Waals surface area contributed by atoms with Crippen LogP contribution in [0.15, 0.2) is 18.2 Å². The van der Waals surface area contributed by atoms with Crippen LogP contribution in [0.25, 0.3) is 0 Å². The predicted octanol–water partition coefficient (Wildman–Crippen LogP) is 3.94. The van der Waals surface area contributed by atoms with Crippen LogP contribution in [0.3, 0.4) is 0 Å². The highest BCUT2D eigenvalue weighted by Gasteiger charge is 2.47. The third-order valence-electron chi connectivity index (χ3n) is 6.19. The average molecular weight is 447 g/mol. The number of hydrogen-bond acceptors (Lipinski definition) is 3. The molecule has 2 aliphatic heterocycles. The Morgan fingerprint density at radius 1 is 1.14 bits per heavy atom. The van der Waals surface area contributed by atoms with E-state index in [-0.39, 0.29) is 12.1 Å². The number of rotatable bonds is 5. The van der Waals surface area contributed by atoms with Crippen molar-refractivity contribution in [2.45, 2.75) is 31.2 Å². The molecule has 1 aromatic rings. The summed E-state index contributed by atoms with van der Waals surface area (Å²) < 4.78 is 25.7. The molecule has 1 saturated carbocycles. The van der Waals surface area contributed by atoms with Gasteiger partial charge in [0.25, 0.3) is 5.92 Å². The van der Waals surface area contributed by atoms with Gasteiger partial charge < -0.3 is 15.1 Å². The van der Waals surface area contributed by atoms with Crippen molar-refractivity contribution >= 4 is 34.9 Å². The number of benzene rings is 1. The minimum absolute atomic E-state index is 0.128. The summed E-state index contributed by atoms with van der Waals surface area (Å²) in [7, 11) is 0. The van der Waals surface area contributed by atoms with E-state index in [1.165, 1.54) is 4.90 Å². The van der Waals surface area contributed by atoms with Crippen LogP contribution >= 0.6 is 23.2 Å². The van der Waals surface area contributed by atoms with Crippen molar-refractivity contribution in [3.8, 4) is 0 Å². The summed E-state index contributed by atoms with van der Waals surface area (Å²) in [6, 6.07) is 5.51. The van der Waals surface area contributed by atoms with Crippen LogP contribution in [0.5, 0.6) is 0 Å². The molecule has 3 aliphatic rings. The summed E-state index contributed by atoms with van der Waals surface area (Å²) in [5, 5.41) is 4.07. The summed E-state index contributed by atoms with van der Waals surface area (Å²) in [6.07, 6.45) is 2.98. The largest absolute Gasteiger partial charge is 0.368 e. The van der Waals surface area contributed by atoms with E-state index in [1.54, 1.807) is 6.07 Å². The zero-order valence-electron chi connectivity index (χ0n) is 16.2. The number of nitrogens with one attached hydrogen (secondary N) is 1.